The summed E-state index contributed by atoms with van der Waals surface area (Å²) < 4.78 is 18.7. The van der Waals surface area contributed by atoms with E-state index in [1.165, 1.54) is 23.3 Å². The number of benzene rings is 2. The van der Waals surface area contributed by atoms with E-state index in [2.05, 4.69) is 30.4 Å². The van der Waals surface area contributed by atoms with Gasteiger partial charge in [0.05, 0.1) is 6.61 Å². The third-order valence-electron chi connectivity index (χ3n) is 3.99. The molecular weight excluding hydrogens is 265 g/mol. The van der Waals surface area contributed by atoms with E-state index in [1.54, 1.807) is 0 Å². The van der Waals surface area contributed by atoms with E-state index in [1.807, 2.05) is 12.1 Å². The summed E-state index contributed by atoms with van der Waals surface area (Å²) >= 11 is 0. The molecule has 0 aromatic heterocycles. The number of hydrogen-bond donors (Lipinski definition) is 1. The second kappa shape index (κ2) is 6.27. The maximum absolute atomic E-state index is 12.9. The van der Waals surface area contributed by atoms with Gasteiger partial charge in [0.25, 0.3) is 0 Å². The summed E-state index contributed by atoms with van der Waals surface area (Å²) in [5.41, 5.74) is 3.60. The predicted molar refractivity (Wildman–Crippen MR) is 82.1 cm³/mol. The van der Waals surface area contributed by atoms with E-state index in [-0.39, 0.29) is 5.82 Å². The smallest absolute Gasteiger partial charge is 0.126 e. The molecule has 2 aromatic carbocycles. The van der Waals surface area contributed by atoms with Crippen LogP contribution in [0, 0.1) is 12.7 Å². The molecule has 2 nitrogen and oxygen atoms in total. The molecule has 1 atom stereocenters. The highest BCUT2D eigenvalue weighted by Crippen LogP contribution is 2.34. The number of ether oxygens (including phenoxy) is 1. The first-order chi connectivity index (χ1) is 10.2. The number of nitrogens with one attached hydrogen (secondary N) is 1. The monoisotopic (exact) mass is 285 g/mol. The number of halogens is 1. The standard InChI is InChI=1S/C18H20FNO/c1-13-3-2-4-16-17(10-12-21-18(13)16)20-11-9-14-5-7-15(19)8-6-14/h2-8,17,20H,9-12H2,1H3. The summed E-state index contributed by atoms with van der Waals surface area (Å²) in [6.07, 6.45) is 1.89. The van der Waals surface area contributed by atoms with Crippen molar-refractivity contribution in [2.75, 3.05) is 13.2 Å². The van der Waals surface area contributed by atoms with Crippen molar-refractivity contribution in [3.63, 3.8) is 0 Å². The van der Waals surface area contributed by atoms with Crippen LogP contribution in [0.15, 0.2) is 42.5 Å². The topological polar surface area (TPSA) is 21.3 Å². The normalized spacial score (nSPS) is 17.1. The van der Waals surface area contributed by atoms with Gasteiger partial charge in [-0.15, -0.1) is 0 Å². The Labute approximate surface area is 125 Å². The van der Waals surface area contributed by atoms with Gasteiger partial charge >= 0.3 is 0 Å². The maximum atomic E-state index is 12.9. The Balaban J connectivity index is 1.62. The second-order valence-electron chi connectivity index (χ2n) is 5.51. The van der Waals surface area contributed by atoms with Crippen molar-refractivity contribution >= 4 is 0 Å². The van der Waals surface area contributed by atoms with E-state index in [4.69, 9.17) is 4.74 Å². The Kier molecular flexibility index (Phi) is 4.20. The largest absolute Gasteiger partial charge is 0.493 e. The molecule has 0 bridgehead atoms. The summed E-state index contributed by atoms with van der Waals surface area (Å²) in [6, 6.07) is 13.4. The van der Waals surface area contributed by atoms with Gasteiger partial charge in [0.1, 0.15) is 11.6 Å². The van der Waals surface area contributed by atoms with Crippen molar-refractivity contribution in [1.29, 1.82) is 0 Å². The Morgan fingerprint density at radius 3 is 2.81 bits per heavy atom. The zero-order chi connectivity index (χ0) is 14.7. The molecular formula is C18H20FNO. The lowest BCUT2D eigenvalue weighted by molar-refractivity contribution is 0.251. The Bertz CT molecular complexity index is 609. The van der Waals surface area contributed by atoms with E-state index < -0.39 is 0 Å². The summed E-state index contributed by atoms with van der Waals surface area (Å²) in [5, 5.41) is 3.59. The third-order valence-corrected chi connectivity index (χ3v) is 3.99. The zero-order valence-corrected chi connectivity index (χ0v) is 12.2. The minimum Gasteiger partial charge on any atom is -0.493 e. The quantitative estimate of drug-likeness (QED) is 0.923. The third kappa shape index (κ3) is 3.24. The summed E-state index contributed by atoms with van der Waals surface area (Å²) in [4.78, 5) is 0. The molecule has 0 saturated heterocycles. The predicted octanol–water partition coefficient (Wildman–Crippen LogP) is 3.79. The highest BCUT2D eigenvalue weighted by atomic mass is 19.1. The average Bonchev–Trinajstić information content (AvgIpc) is 2.50. The zero-order valence-electron chi connectivity index (χ0n) is 12.2. The van der Waals surface area contributed by atoms with Crippen molar-refractivity contribution in [2.24, 2.45) is 0 Å². The van der Waals surface area contributed by atoms with Gasteiger partial charge in [-0.25, -0.2) is 4.39 Å². The van der Waals surface area contributed by atoms with Crippen molar-refractivity contribution in [3.8, 4) is 5.75 Å². The molecule has 0 amide bonds. The van der Waals surface area contributed by atoms with Gasteiger partial charge < -0.3 is 10.1 Å². The van der Waals surface area contributed by atoms with Crippen LogP contribution in [0.4, 0.5) is 4.39 Å². The van der Waals surface area contributed by atoms with Gasteiger partial charge in [0.2, 0.25) is 0 Å². The summed E-state index contributed by atoms with van der Waals surface area (Å²) in [5.74, 6) is 0.851. The van der Waals surface area contributed by atoms with Gasteiger partial charge in [-0.1, -0.05) is 30.3 Å². The van der Waals surface area contributed by atoms with Gasteiger partial charge in [0.15, 0.2) is 0 Å². The summed E-state index contributed by atoms with van der Waals surface area (Å²) in [6.45, 7) is 3.72. The molecule has 0 fully saturated rings. The molecule has 1 unspecified atom stereocenters. The molecule has 3 heteroatoms. The van der Waals surface area contributed by atoms with Crippen molar-refractivity contribution in [2.45, 2.75) is 25.8 Å². The van der Waals surface area contributed by atoms with Gasteiger partial charge in [0, 0.05) is 18.0 Å². The van der Waals surface area contributed by atoms with Crippen LogP contribution in [0.2, 0.25) is 0 Å². The van der Waals surface area contributed by atoms with Crippen LogP contribution in [0.5, 0.6) is 5.75 Å². The Morgan fingerprint density at radius 1 is 1.19 bits per heavy atom. The summed E-state index contributed by atoms with van der Waals surface area (Å²) in [7, 11) is 0. The van der Waals surface area contributed by atoms with E-state index in [0.29, 0.717) is 6.04 Å². The van der Waals surface area contributed by atoms with Gasteiger partial charge in [-0.3, -0.25) is 0 Å². The SMILES string of the molecule is Cc1cccc2c1OCCC2NCCc1ccc(F)cc1. The molecule has 3 rings (SSSR count). The van der Waals surface area contributed by atoms with Crippen molar-refractivity contribution in [3.05, 3.63) is 65.0 Å². The molecule has 0 radical (unpaired) electrons. The van der Waals surface area contributed by atoms with Crippen LogP contribution in [-0.2, 0) is 6.42 Å². The number of aryl methyl sites for hydroxylation is 1. The molecule has 1 aliphatic rings. The number of rotatable bonds is 4. The van der Waals surface area contributed by atoms with E-state index in [9.17, 15) is 4.39 Å². The number of para-hydroxylation sites is 1. The highest BCUT2D eigenvalue weighted by molar-refractivity contribution is 5.43. The van der Waals surface area contributed by atoms with E-state index >= 15 is 0 Å². The Morgan fingerprint density at radius 2 is 2.00 bits per heavy atom. The van der Waals surface area contributed by atoms with Crippen molar-refractivity contribution < 1.29 is 9.13 Å². The van der Waals surface area contributed by atoms with Crippen LogP contribution >= 0.6 is 0 Å². The van der Waals surface area contributed by atoms with Crippen LogP contribution in [0.1, 0.15) is 29.2 Å². The first-order valence-electron chi connectivity index (χ1n) is 7.44. The first kappa shape index (κ1) is 14.1. The van der Waals surface area contributed by atoms with E-state index in [0.717, 1.165) is 37.3 Å². The second-order valence-corrected chi connectivity index (χ2v) is 5.51. The lowest BCUT2D eigenvalue weighted by atomic mass is 9.98. The maximum Gasteiger partial charge on any atom is 0.126 e. The lowest BCUT2D eigenvalue weighted by Gasteiger charge is -2.28. The van der Waals surface area contributed by atoms with Crippen LogP contribution < -0.4 is 10.1 Å². The first-order valence-corrected chi connectivity index (χ1v) is 7.44. The van der Waals surface area contributed by atoms with Gasteiger partial charge in [-0.05, 0) is 43.1 Å². The molecule has 1 N–H and O–H groups in total. The fourth-order valence-corrected chi connectivity index (χ4v) is 2.83. The molecule has 2 aromatic rings. The molecule has 110 valence electrons. The van der Waals surface area contributed by atoms with Crippen LogP contribution in [0.3, 0.4) is 0 Å². The average molecular weight is 285 g/mol. The van der Waals surface area contributed by atoms with Gasteiger partial charge in [-0.2, -0.15) is 0 Å². The lowest BCUT2D eigenvalue weighted by Crippen LogP contribution is -2.29. The minimum absolute atomic E-state index is 0.180. The molecule has 0 saturated carbocycles. The van der Waals surface area contributed by atoms with Crippen LogP contribution in [-0.4, -0.2) is 13.2 Å². The fraction of sp³-hybridized carbons (Fsp3) is 0.333. The minimum atomic E-state index is -0.180. The molecule has 1 aliphatic heterocycles. The molecule has 0 aliphatic carbocycles. The Hall–Kier alpha value is -1.87. The molecule has 0 spiro atoms. The van der Waals surface area contributed by atoms with Crippen molar-refractivity contribution in [1.82, 2.24) is 5.32 Å². The molecule has 1 heterocycles. The number of fused-ring (bicyclic) bond motifs is 1. The molecule has 21 heavy (non-hydrogen) atoms. The highest BCUT2D eigenvalue weighted by Gasteiger charge is 2.21. The van der Waals surface area contributed by atoms with Crippen LogP contribution in [0.25, 0.3) is 0 Å². The fourth-order valence-electron chi connectivity index (χ4n) is 2.83. The number of hydrogen-bond acceptors (Lipinski definition) is 2.